The van der Waals surface area contributed by atoms with E-state index < -0.39 is 23.0 Å². The third-order valence-corrected chi connectivity index (χ3v) is 4.76. The Bertz CT molecular complexity index is 1110. The van der Waals surface area contributed by atoms with Gasteiger partial charge in [0.25, 0.3) is 5.56 Å². The molecule has 0 saturated carbocycles. The number of hydrogen-bond acceptors (Lipinski definition) is 4. The number of H-pyrrole nitrogens is 1. The fraction of sp³-hybridized carbons (Fsp3) is 0.353. The number of halogens is 3. The second-order valence-corrected chi connectivity index (χ2v) is 6.48. The summed E-state index contributed by atoms with van der Waals surface area (Å²) in [5.41, 5.74) is -1.97. The maximum atomic E-state index is 13.5. The Labute approximate surface area is 150 Å². The van der Waals surface area contributed by atoms with Gasteiger partial charge in [-0.2, -0.15) is 18.3 Å². The molecule has 1 fully saturated rings. The molecular weight excluding hydrogens is 363 g/mol. The van der Waals surface area contributed by atoms with Gasteiger partial charge in [0.1, 0.15) is 0 Å². The first-order valence-corrected chi connectivity index (χ1v) is 8.46. The molecule has 1 saturated heterocycles. The van der Waals surface area contributed by atoms with Gasteiger partial charge in [0.2, 0.25) is 0 Å². The number of benzene rings is 1. The van der Waals surface area contributed by atoms with Crippen LogP contribution in [0.2, 0.25) is 0 Å². The van der Waals surface area contributed by atoms with Crippen molar-refractivity contribution in [3.05, 3.63) is 57.0 Å². The van der Waals surface area contributed by atoms with Crippen LogP contribution in [0.1, 0.15) is 24.4 Å². The lowest BCUT2D eigenvalue weighted by Crippen LogP contribution is -2.30. The van der Waals surface area contributed by atoms with Gasteiger partial charge in [-0.15, -0.1) is 0 Å². The summed E-state index contributed by atoms with van der Waals surface area (Å²) in [6.07, 6.45) is -0.456. The second-order valence-electron chi connectivity index (χ2n) is 6.48. The zero-order valence-electron chi connectivity index (χ0n) is 14.1. The molecule has 142 valence electrons. The summed E-state index contributed by atoms with van der Waals surface area (Å²) in [7, 11) is 0. The maximum Gasteiger partial charge on any atom is 0.416 e. The van der Waals surface area contributed by atoms with E-state index in [0.29, 0.717) is 10.9 Å². The van der Waals surface area contributed by atoms with Crippen LogP contribution in [0.3, 0.4) is 0 Å². The molecule has 1 aromatic carbocycles. The lowest BCUT2D eigenvalue weighted by Gasteiger charge is -2.24. The number of aromatic amines is 1. The molecule has 7 nitrogen and oxygen atoms in total. The summed E-state index contributed by atoms with van der Waals surface area (Å²) in [5.74, 6) is 0. The Morgan fingerprint density at radius 1 is 1.15 bits per heavy atom. The summed E-state index contributed by atoms with van der Waals surface area (Å²) in [4.78, 5) is 25.5. The molecule has 0 spiro atoms. The Balaban J connectivity index is 1.99. The van der Waals surface area contributed by atoms with E-state index in [4.69, 9.17) is 0 Å². The zero-order valence-corrected chi connectivity index (χ0v) is 14.1. The van der Waals surface area contributed by atoms with E-state index >= 15 is 0 Å². The molecule has 2 N–H and O–H groups in total. The van der Waals surface area contributed by atoms with Crippen LogP contribution in [-0.4, -0.2) is 32.4 Å². The highest BCUT2D eigenvalue weighted by Crippen LogP contribution is 2.35. The minimum atomic E-state index is -4.59. The molecule has 1 aliphatic heterocycles. The monoisotopic (exact) mass is 379 g/mol. The largest absolute Gasteiger partial charge is 0.416 e. The molecule has 3 aromatic rings. The molecule has 0 atom stereocenters. The average Bonchev–Trinajstić information content (AvgIpc) is 3.05. The van der Waals surface area contributed by atoms with Crippen molar-refractivity contribution >= 4 is 10.9 Å². The minimum absolute atomic E-state index is 0.0209. The number of rotatable bonds is 2. The fourth-order valence-electron chi connectivity index (χ4n) is 3.44. The van der Waals surface area contributed by atoms with Crippen LogP contribution in [0.4, 0.5) is 13.2 Å². The van der Waals surface area contributed by atoms with Crippen LogP contribution < -0.4 is 16.6 Å². The summed E-state index contributed by atoms with van der Waals surface area (Å²) >= 11 is 0. The molecular formula is C17H16F3N5O2. The summed E-state index contributed by atoms with van der Waals surface area (Å²) in [6, 6.07) is 3.03. The van der Waals surface area contributed by atoms with E-state index in [-0.39, 0.29) is 11.7 Å². The first-order chi connectivity index (χ1) is 12.8. The average molecular weight is 379 g/mol. The Hall–Kier alpha value is -2.88. The van der Waals surface area contributed by atoms with Crippen LogP contribution in [0.15, 0.2) is 40.2 Å². The fourth-order valence-corrected chi connectivity index (χ4v) is 3.44. The van der Waals surface area contributed by atoms with Crippen LogP contribution in [-0.2, 0) is 6.18 Å². The van der Waals surface area contributed by atoms with Gasteiger partial charge in [-0.05, 0) is 38.1 Å². The van der Waals surface area contributed by atoms with Crippen LogP contribution in [0, 0.1) is 0 Å². The van der Waals surface area contributed by atoms with Gasteiger partial charge in [0.05, 0.1) is 29.0 Å². The molecule has 10 heteroatoms. The second kappa shape index (κ2) is 6.38. The third-order valence-electron chi connectivity index (χ3n) is 4.76. The predicted octanol–water partition coefficient (Wildman–Crippen LogP) is 1.82. The maximum absolute atomic E-state index is 13.5. The van der Waals surface area contributed by atoms with Crippen LogP contribution in [0.5, 0.6) is 0 Å². The Morgan fingerprint density at radius 3 is 2.56 bits per heavy atom. The highest BCUT2D eigenvalue weighted by atomic mass is 19.4. The van der Waals surface area contributed by atoms with E-state index in [0.717, 1.165) is 54.9 Å². The van der Waals surface area contributed by atoms with Gasteiger partial charge in [-0.1, -0.05) is 0 Å². The number of nitrogens with zero attached hydrogens (tertiary/aromatic N) is 3. The van der Waals surface area contributed by atoms with E-state index in [1.54, 1.807) is 4.68 Å². The lowest BCUT2D eigenvalue weighted by molar-refractivity contribution is -0.137. The number of aromatic nitrogens is 4. The van der Waals surface area contributed by atoms with Crippen molar-refractivity contribution in [2.75, 3.05) is 13.1 Å². The molecule has 27 heavy (non-hydrogen) atoms. The first kappa shape index (κ1) is 17.5. The number of hydrogen-bond donors (Lipinski definition) is 2. The van der Waals surface area contributed by atoms with Gasteiger partial charge >= 0.3 is 11.9 Å². The van der Waals surface area contributed by atoms with Gasteiger partial charge < -0.3 is 5.32 Å². The van der Waals surface area contributed by atoms with Gasteiger partial charge in [-0.3, -0.25) is 19.0 Å². The van der Waals surface area contributed by atoms with Crippen LogP contribution >= 0.6 is 0 Å². The Morgan fingerprint density at radius 2 is 1.89 bits per heavy atom. The quantitative estimate of drug-likeness (QED) is 0.711. The van der Waals surface area contributed by atoms with E-state index in [2.05, 4.69) is 15.4 Å². The summed E-state index contributed by atoms with van der Waals surface area (Å²) in [5, 5.41) is 7.93. The summed E-state index contributed by atoms with van der Waals surface area (Å²) in [6.45, 7) is 1.52. The SMILES string of the molecule is O=c1ccn(-c2cc(C(F)(F)F)cc3c2cnn3C2CCNCC2)c(=O)[nH]1. The van der Waals surface area contributed by atoms with Crippen molar-refractivity contribution in [1.29, 1.82) is 0 Å². The molecule has 0 unspecified atom stereocenters. The van der Waals surface area contributed by atoms with Crippen molar-refractivity contribution in [1.82, 2.24) is 24.6 Å². The topological polar surface area (TPSA) is 84.7 Å². The lowest BCUT2D eigenvalue weighted by atomic mass is 10.1. The smallest absolute Gasteiger partial charge is 0.317 e. The van der Waals surface area contributed by atoms with Gasteiger partial charge in [0.15, 0.2) is 0 Å². The van der Waals surface area contributed by atoms with Crippen molar-refractivity contribution in [2.24, 2.45) is 0 Å². The van der Waals surface area contributed by atoms with Crippen molar-refractivity contribution in [2.45, 2.75) is 25.1 Å². The summed E-state index contributed by atoms with van der Waals surface area (Å²) < 4.78 is 43.0. The molecule has 0 radical (unpaired) electrons. The number of alkyl halides is 3. The minimum Gasteiger partial charge on any atom is -0.317 e. The van der Waals surface area contributed by atoms with Crippen molar-refractivity contribution < 1.29 is 13.2 Å². The standard InChI is InChI=1S/C17H16F3N5O2/c18-17(19,20)10-7-13(24-6-3-15(26)23-16(24)27)12-9-22-25(14(12)8-10)11-1-4-21-5-2-11/h3,6-9,11,21H,1-2,4-5H2,(H,23,26,27). The zero-order chi connectivity index (χ0) is 19.2. The van der Waals surface area contributed by atoms with E-state index in [9.17, 15) is 22.8 Å². The first-order valence-electron chi connectivity index (χ1n) is 8.46. The van der Waals surface area contributed by atoms with Gasteiger partial charge in [0, 0.05) is 17.6 Å². The molecule has 2 aromatic heterocycles. The third kappa shape index (κ3) is 3.16. The number of fused-ring (bicyclic) bond motifs is 1. The molecule has 4 rings (SSSR count). The number of nitrogens with one attached hydrogen (secondary N) is 2. The molecule has 1 aliphatic rings. The van der Waals surface area contributed by atoms with Crippen molar-refractivity contribution in [3.63, 3.8) is 0 Å². The highest BCUT2D eigenvalue weighted by molar-refractivity contribution is 5.88. The number of piperidine rings is 1. The van der Waals surface area contributed by atoms with E-state index in [1.807, 2.05) is 0 Å². The molecule has 0 bridgehead atoms. The molecule has 3 heterocycles. The highest BCUT2D eigenvalue weighted by Gasteiger charge is 2.33. The Kier molecular flexibility index (Phi) is 4.14. The van der Waals surface area contributed by atoms with Gasteiger partial charge in [-0.25, -0.2) is 4.79 Å². The molecule has 0 amide bonds. The molecule has 0 aliphatic carbocycles. The van der Waals surface area contributed by atoms with E-state index in [1.165, 1.54) is 6.20 Å². The van der Waals surface area contributed by atoms with Crippen LogP contribution in [0.25, 0.3) is 16.6 Å². The normalized spacial score (nSPS) is 16.1. The van der Waals surface area contributed by atoms with Crippen molar-refractivity contribution in [3.8, 4) is 5.69 Å². The predicted molar refractivity (Wildman–Crippen MR) is 92.1 cm³/mol.